The summed E-state index contributed by atoms with van der Waals surface area (Å²) < 4.78 is 23.3. The number of likely N-dealkylation sites (N-methyl/N-ethyl adjacent to an activating group) is 1. The van der Waals surface area contributed by atoms with E-state index in [2.05, 4.69) is 10.6 Å². The van der Waals surface area contributed by atoms with E-state index in [1.807, 2.05) is 0 Å². The van der Waals surface area contributed by atoms with Crippen molar-refractivity contribution in [3.63, 3.8) is 0 Å². The summed E-state index contributed by atoms with van der Waals surface area (Å²) in [7, 11) is 1.66. The number of hydrogen-bond acceptors (Lipinski definition) is 2. The lowest BCUT2D eigenvalue weighted by Crippen LogP contribution is -2.46. The fourth-order valence-electron chi connectivity index (χ4n) is 1.05. The van der Waals surface area contributed by atoms with Crippen molar-refractivity contribution in [2.45, 2.75) is 24.8 Å². The van der Waals surface area contributed by atoms with Gasteiger partial charge in [-0.3, -0.25) is 4.79 Å². The third kappa shape index (κ3) is 1.91. The van der Waals surface area contributed by atoms with Gasteiger partial charge < -0.3 is 10.6 Å². The minimum atomic E-state index is -2.47. The van der Waals surface area contributed by atoms with Crippen LogP contribution in [0.5, 0.6) is 0 Å². The fraction of sp³-hybridized carbons (Fsp3) is 0.857. The van der Waals surface area contributed by atoms with E-state index in [1.165, 1.54) is 0 Å². The number of nitrogens with one attached hydrogen (secondary N) is 2. The number of hydrogen-bond donors (Lipinski definition) is 2. The molecule has 70 valence electrons. The minimum absolute atomic E-state index is 0.315. The molecule has 12 heavy (non-hydrogen) atoms. The maximum absolute atomic E-state index is 11.7. The van der Waals surface area contributed by atoms with E-state index in [0.29, 0.717) is 0 Å². The van der Waals surface area contributed by atoms with Gasteiger partial charge in [0.15, 0.2) is 0 Å². The van der Waals surface area contributed by atoms with Gasteiger partial charge >= 0.3 is 0 Å². The summed E-state index contributed by atoms with van der Waals surface area (Å²) >= 11 is 0. The van der Waals surface area contributed by atoms with Crippen LogP contribution < -0.4 is 10.6 Å². The van der Waals surface area contributed by atoms with Gasteiger partial charge in [-0.1, -0.05) is 0 Å². The average molecular weight is 178 g/mol. The van der Waals surface area contributed by atoms with Gasteiger partial charge in [-0.2, -0.15) is 0 Å². The van der Waals surface area contributed by atoms with Crippen molar-refractivity contribution in [1.82, 2.24) is 10.6 Å². The lowest BCUT2D eigenvalue weighted by Gasteiger charge is -2.13. The maximum atomic E-state index is 11.7. The molecule has 0 heterocycles. The van der Waals surface area contributed by atoms with Crippen molar-refractivity contribution in [3.05, 3.63) is 0 Å². The van der Waals surface area contributed by atoms with E-state index in [9.17, 15) is 13.6 Å². The molecule has 0 saturated heterocycles. The second kappa shape index (κ2) is 3.35. The molecule has 5 heteroatoms. The van der Waals surface area contributed by atoms with Gasteiger partial charge in [0.1, 0.15) is 0 Å². The summed E-state index contributed by atoms with van der Waals surface area (Å²) in [4.78, 5) is 11.2. The number of rotatable bonds is 4. The fourth-order valence-corrected chi connectivity index (χ4v) is 1.05. The van der Waals surface area contributed by atoms with Crippen LogP contribution in [0.4, 0.5) is 8.78 Å². The molecule has 0 aromatic carbocycles. The van der Waals surface area contributed by atoms with Crippen LogP contribution in [0.3, 0.4) is 0 Å². The molecule has 0 bridgehead atoms. The first-order chi connectivity index (χ1) is 5.60. The van der Waals surface area contributed by atoms with Gasteiger partial charge in [-0.15, -0.1) is 0 Å². The number of carbonyl (C=O) groups is 1. The molecule has 0 aliphatic heterocycles. The Kier molecular flexibility index (Phi) is 2.62. The third-order valence-corrected chi connectivity index (χ3v) is 2.08. The molecule has 1 saturated carbocycles. The molecule has 0 unspecified atom stereocenters. The highest BCUT2D eigenvalue weighted by Crippen LogP contribution is 2.34. The van der Waals surface area contributed by atoms with Crippen molar-refractivity contribution < 1.29 is 13.6 Å². The predicted octanol–water partition coefficient (Wildman–Crippen LogP) is 0.120. The van der Waals surface area contributed by atoms with Crippen LogP contribution in [0.2, 0.25) is 0 Å². The van der Waals surface area contributed by atoms with Gasteiger partial charge in [-0.05, 0) is 19.9 Å². The standard InChI is InChI=1S/C7H12F2N2O/c1-10-7(2-3-7)6(12)11-4-5(8)9/h5,10H,2-4H2,1H3,(H,11,12). The first-order valence-electron chi connectivity index (χ1n) is 3.86. The Balaban J connectivity index is 2.29. The van der Waals surface area contributed by atoms with Crippen LogP contribution in [-0.4, -0.2) is 31.5 Å². The van der Waals surface area contributed by atoms with E-state index in [1.54, 1.807) is 7.05 Å². The number of alkyl halides is 2. The van der Waals surface area contributed by atoms with Crippen molar-refractivity contribution in [3.8, 4) is 0 Å². The minimum Gasteiger partial charge on any atom is -0.349 e. The summed E-state index contributed by atoms with van der Waals surface area (Å²) in [5.74, 6) is -0.315. The Morgan fingerprint density at radius 3 is 2.50 bits per heavy atom. The second-order valence-corrected chi connectivity index (χ2v) is 2.93. The van der Waals surface area contributed by atoms with E-state index >= 15 is 0 Å². The quantitative estimate of drug-likeness (QED) is 0.642. The molecule has 2 N–H and O–H groups in total. The van der Waals surface area contributed by atoms with E-state index in [-0.39, 0.29) is 5.91 Å². The van der Waals surface area contributed by atoms with Crippen LogP contribution in [-0.2, 0) is 4.79 Å². The Morgan fingerprint density at radius 2 is 2.17 bits per heavy atom. The highest BCUT2D eigenvalue weighted by atomic mass is 19.3. The maximum Gasteiger partial charge on any atom is 0.255 e. The predicted molar refractivity (Wildman–Crippen MR) is 40.0 cm³/mol. The van der Waals surface area contributed by atoms with Crippen LogP contribution in [0.1, 0.15) is 12.8 Å². The Bertz CT molecular complexity index is 180. The lowest BCUT2D eigenvalue weighted by atomic mass is 10.2. The monoisotopic (exact) mass is 178 g/mol. The van der Waals surface area contributed by atoms with Gasteiger partial charge in [0.25, 0.3) is 6.43 Å². The van der Waals surface area contributed by atoms with Crippen molar-refractivity contribution in [2.75, 3.05) is 13.6 Å². The zero-order chi connectivity index (χ0) is 9.19. The average Bonchev–Trinajstić information content (AvgIpc) is 2.80. The van der Waals surface area contributed by atoms with Crippen LogP contribution in [0.25, 0.3) is 0 Å². The highest BCUT2D eigenvalue weighted by Gasteiger charge is 2.48. The lowest BCUT2D eigenvalue weighted by molar-refractivity contribution is -0.124. The van der Waals surface area contributed by atoms with Crippen LogP contribution >= 0.6 is 0 Å². The van der Waals surface area contributed by atoms with Crippen molar-refractivity contribution >= 4 is 5.91 Å². The molecule has 1 rings (SSSR count). The molecule has 1 fully saturated rings. The zero-order valence-electron chi connectivity index (χ0n) is 6.86. The van der Waals surface area contributed by atoms with E-state index in [0.717, 1.165) is 12.8 Å². The molecule has 0 aromatic rings. The summed E-state index contributed by atoms with van der Waals surface area (Å²) in [6, 6.07) is 0. The molecule has 1 aliphatic carbocycles. The molecule has 0 radical (unpaired) electrons. The summed E-state index contributed by atoms with van der Waals surface area (Å²) in [6.07, 6.45) is -1.00. The molecule has 3 nitrogen and oxygen atoms in total. The summed E-state index contributed by atoms with van der Waals surface area (Å²) in [6.45, 7) is -0.553. The normalized spacial score (nSPS) is 19.3. The largest absolute Gasteiger partial charge is 0.349 e. The van der Waals surface area contributed by atoms with E-state index in [4.69, 9.17) is 0 Å². The SMILES string of the molecule is CNC1(C(=O)NCC(F)F)CC1. The molecule has 0 atom stereocenters. The third-order valence-electron chi connectivity index (χ3n) is 2.08. The molecule has 0 aromatic heterocycles. The highest BCUT2D eigenvalue weighted by molar-refractivity contribution is 5.89. The Labute approximate surface area is 69.5 Å². The van der Waals surface area contributed by atoms with Crippen molar-refractivity contribution in [2.24, 2.45) is 0 Å². The summed E-state index contributed by atoms with van der Waals surface area (Å²) in [5, 5.41) is 5.00. The zero-order valence-corrected chi connectivity index (χ0v) is 6.86. The summed E-state index contributed by atoms with van der Waals surface area (Å²) in [5.41, 5.74) is -0.547. The second-order valence-electron chi connectivity index (χ2n) is 2.93. The number of halogens is 2. The van der Waals surface area contributed by atoms with Gasteiger partial charge in [0, 0.05) is 0 Å². The molecule has 1 amide bonds. The van der Waals surface area contributed by atoms with E-state index < -0.39 is 18.5 Å². The Morgan fingerprint density at radius 1 is 1.58 bits per heavy atom. The van der Waals surface area contributed by atoms with Crippen LogP contribution in [0.15, 0.2) is 0 Å². The van der Waals surface area contributed by atoms with Gasteiger partial charge in [0.2, 0.25) is 5.91 Å². The first kappa shape index (κ1) is 9.38. The molecular weight excluding hydrogens is 166 g/mol. The molecular formula is C7H12F2N2O. The molecule has 1 aliphatic rings. The molecule has 0 spiro atoms. The topological polar surface area (TPSA) is 41.1 Å². The van der Waals surface area contributed by atoms with Crippen LogP contribution in [0, 0.1) is 0 Å². The smallest absolute Gasteiger partial charge is 0.255 e. The van der Waals surface area contributed by atoms with Gasteiger partial charge in [-0.25, -0.2) is 8.78 Å². The van der Waals surface area contributed by atoms with Crippen molar-refractivity contribution in [1.29, 1.82) is 0 Å². The Hall–Kier alpha value is -0.710. The first-order valence-corrected chi connectivity index (χ1v) is 3.86. The van der Waals surface area contributed by atoms with Gasteiger partial charge in [0.05, 0.1) is 12.1 Å². The number of amides is 1. The number of carbonyl (C=O) groups excluding carboxylic acids is 1.